The van der Waals surface area contributed by atoms with Gasteiger partial charge in [0.1, 0.15) is 19.0 Å². The molecule has 0 aliphatic heterocycles. The van der Waals surface area contributed by atoms with Crippen molar-refractivity contribution in [1.29, 1.82) is 0 Å². The fourth-order valence-corrected chi connectivity index (χ4v) is 2.87. The molecule has 0 bridgehead atoms. The molecule has 38 heavy (non-hydrogen) atoms. The molecule has 0 saturated heterocycles. The second-order valence-corrected chi connectivity index (χ2v) is 7.88. The van der Waals surface area contributed by atoms with Crippen LogP contribution in [0.25, 0.3) is 0 Å². The average molecular weight is 545 g/mol. The minimum absolute atomic E-state index is 0.0367. The van der Waals surface area contributed by atoms with Crippen LogP contribution < -0.4 is 10.1 Å². The van der Waals surface area contributed by atoms with Gasteiger partial charge in [-0.15, -0.1) is 0 Å². The Bertz CT molecular complexity index is 762. The number of carbonyl (C=O) groups is 2. The molecule has 13 nitrogen and oxygen atoms in total. The predicted octanol–water partition coefficient (Wildman–Crippen LogP) is 3.87. The summed E-state index contributed by atoms with van der Waals surface area (Å²) in [4.78, 5) is 33.2. The van der Waals surface area contributed by atoms with Crippen LogP contribution in [-0.2, 0) is 28.4 Å². The number of ether oxygens (including phenoxy) is 7. The lowest BCUT2D eigenvalue weighted by atomic mass is 10.2. The van der Waals surface area contributed by atoms with Crippen LogP contribution >= 0.6 is 0 Å². The molecular formula is C25H40N2O11. The van der Waals surface area contributed by atoms with Crippen molar-refractivity contribution in [2.24, 2.45) is 0 Å². The monoisotopic (exact) mass is 544 g/mol. The van der Waals surface area contributed by atoms with Crippen LogP contribution in [0.1, 0.15) is 39.0 Å². The Labute approximate surface area is 223 Å². The number of non-ortho nitro benzene ring substituents is 1. The van der Waals surface area contributed by atoms with Crippen LogP contribution in [0.3, 0.4) is 0 Å². The van der Waals surface area contributed by atoms with Gasteiger partial charge in [0.05, 0.1) is 51.2 Å². The van der Waals surface area contributed by atoms with Gasteiger partial charge in [-0.2, -0.15) is 0 Å². The smallest absolute Gasteiger partial charge is 0.447 e. The minimum atomic E-state index is -0.946. The minimum Gasteiger partial charge on any atom is -0.447 e. The number of carbonyl (C=O) groups excluding carboxylic acids is 2. The molecule has 1 N–H and O–H groups in total. The Kier molecular flexibility index (Phi) is 20.1. The average Bonchev–Trinajstić information content (AvgIpc) is 2.90. The molecule has 1 aromatic rings. The SMILES string of the molecule is CCCCCCCOCCOCCNC(=O)OCCOCCOCCOC(=O)Oc1ccc([N+](=O)[O-])cc1. The molecule has 0 aliphatic carbocycles. The quantitative estimate of drug-likeness (QED) is 0.0702. The van der Waals surface area contributed by atoms with Crippen molar-refractivity contribution in [3.63, 3.8) is 0 Å². The third kappa shape index (κ3) is 19.2. The first-order valence-electron chi connectivity index (χ1n) is 12.8. The van der Waals surface area contributed by atoms with E-state index >= 15 is 0 Å². The van der Waals surface area contributed by atoms with Gasteiger partial charge in [0.25, 0.3) is 5.69 Å². The van der Waals surface area contributed by atoms with E-state index in [4.69, 9.17) is 33.2 Å². The zero-order valence-corrected chi connectivity index (χ0v) is 22.1. The Hall–Kier alpha value is -3.00. The normalized spacial score (nSPS) is 10.7. The third-order valence-electron chi connectivity index (χ3n) is 4.81. The standard InChI is InChI=1S/C25H40N2O11/c1-2-3-4-5-6-12-32-14-15-33-13-11-26-24(28)36-20-18-34-16-17-35-19-21-37-25(29)38-23-9-7-22(8-10-23)27(30)31/h7-10H,2-6,11-21H2,1H3,(H,26,28). The predicted molar refractivity (Wildman–Crippen MR) is 136 cm³/mol. The van der Waals surface area contributed by atoms with Crippen LogP contribution in [0.4, 0.5) is 15.3 Å². The number of hydrogen-bond acceptors (Lipinski definition) is 11. The summed E-state index contributed by atoms with van der Waals surface area (Å²) in [6.45, 7) is 5.62. The molecule has 0 spiro atoms. The molecule has 13 heteroatoms. The highest BCUT2D eigenvalue weighted by molar-refractivity contribution is 5.67. The van der Waals surface area contributed by atoms with Gasteiger partial charge in [-0.3, -0.25) is 10.1 Å². The summed E-state index contributed by atoms with van der Waals surface area (Å²) >= 11 is 0. The topological polar surface area (TPSA) is 154 Å². The van der Waals surface area contributed by atoms with Crippen molar-refractivity contribution in [1.82, 2.24) is 5.32 Å². The van der Waals surface area contributed by atoms with Crippen molar-refractivity contribution in [2.75, 3.05) is 72.6 Å². The zero-order chi connectivity index (χ0) is 27.7. The van der Waals surface area contributed by atoms with E-state index < -0.39 is 17.2 Å². The first-order valence-corrected chi connectivity index (χ1v) is 12.8. The summed E-state index contributed by atoms with van der Waals surface area (Å²) in [6.07, 6.45) is 4.55. The molecule has 0 aliphatic rings. The zero-order valence-electron chi connectivity index (χ0n) is 22.1. The molecule has 216 valence electrons. The number of unbranched alkanes of at least 4 members (excludes halogenated alkanes) is 4. The molecule has 0 radical (unpaired) electrons. The summed E-state index contributed by atoms with van der Waals surface area (Å²) in [5, 5.41) is 13.2. The molecule has 0 fully saturated rings. The maximum absolute atomic E-state index is 11.6. The molecule has 0 heterocycles. The number of nitro groups is 1. The summed E-state index contributed by atoms with van der Waals surface area (Å²) in [6, 6.07) is 5.02. The lowest BCUT2D eigenvalue weighted by Gasteiger charge is -2.09. The summed E-state index contributed by atoms with van der Waals surface area (Å²) in [5.41, 5.74) is -0.114. The Morgan fingerprint density at radius 2 is 1.29 bits per heavy atom. The van der Waals surface area contributed by atoms with Gasteiger partial charge < -0.3 is 38.5 Å². The second-order valence-electron chi connectivity index (χ2n) is 7.88. The largest absolute Gasteiger partial charge is 0.513 e. The molecule has 0 aromatic heterocycles. The lowest BCUT2D eigenvalue weighted by molar-refractivity contribution is -0.384. The van der Waals surface area contributed by atoms with Crippen LogP contribution in [0.2, 0.25) is 0 Å². The summed E-state index contributed by atoms with van der Waals surface area (Å²) in [7, 11) is 0. The maximum atomic E-state index is 11.6. The van der Waals surface area contributed by atoms with E-state index in [1.807, 2.05) is 0 Å². The summed E-state index contributed by atoms with van der Waals surface area (Å²) < 4.78 is 36.1. The van der Waals surface area contributed by atoms with Crippen LogP contribution in [0.5, 0.6) is 5.75 Å². The lowest BCUT2D eigenvalue weighted by Crippen LogP contribution is -2.29. The van der Waals surface area contributed by atoms with E-state index in [2.05, 4.69) is 12.2 Å². The Balaban J connectivity index is 1.82. The number of nitrogens with one attached hydrogen (secondary N) is 1. The molecule has 1 rings (SSSR count). The molecule has 0 saturated carbocycles. The van der Waals surface area contributed by atoms with Crippen molar-refractivity contribution in [2.45, 2.75) is 39.0 Å². The number of benzene rings is 1. The van der Waals surface area contributed by atoms with Gasteiger partial charge in [-0.1, -0.05) is 32.6 Å². The van der Waals surface area contributed by atoms with E-state index in [0.717, 1.165) is 13.0 Å². The van der Waals surface area contributed by atoms with Crippen molar-refractivity contribution in [3.8, 4) is 5.75 Å². The molecule has 0 atom stereocenters. The van der Waals surface area contributed by atoms with Gasteiger partial charge in [-0.25, -0.2) is 9.59 Å². The Morgan fingerprint density at radius 3 is 1.92 bits per heavy atom. The first-order chi connectivity index (χ1) is 18.5. The van der Waals surface area contributed by atoms with Crippen molar-refractivity contribution >= 4 is 17.9 Å². The summed E-state index contributed by atoms with van der Waals surface area (Å²) in [5.74, 6) is 0.128. The highest BCUT2D eigenvalue weighted by Gasteiger charge is 2.09. The number of alkyl carbamates (subject to hydrolysis) is 1. The van der Waals surface area contributed by atoms with Crippen LogP contribution in [-0.4, -0.2) is 89.8 Å². The van der Waals surface area contributed by atoms with Gasteiger partial charge in [0.2, 0.25) is 0 Å². The maximum Gasteiger partial charge on any atom is 0.513 e. The number of nitro benzene ring substituents is 1. The fraction of sp³-hybridized carbons (Fsp3) is 0.680. The van der Waals surface area contributed by atoms with Crippen molar-refractivity contribution in [3.05, 3.63) is 34.4 Å². The van der Waals surface area contributed by atoms with E-state index in [0.29, 0.717) is 26.4 Å². The van der Waals surface area contributed by atoms with E-state index in [1.165, 1.54) is 49.9 Å². The van der Waals surface area contributed by atoms with Crippen molar-refractivity contribution < 1.29 is 47.7 Å². The molecular weight excluding hydrogens is 504 g/mol. The van der Waals surface area contributed by atoms with Crippen LogP contribution in [0.15, 0.2) is 24.3 Å². The number of nitrogens with zero attached hydrogens (tertiary/aromatic N) is 1. The highest BCUT2D eigenvalue weighted by atomic mass is 16.7. The number of hydrogen-bond donors (Lipinski definition) is 1. The highest BCUT2D eigenvalue weighted by Crippen LogP contribution is 2.17. The molecule has 1 amide bonds. The number of amides is 1. The Morgan fingerprint density at radius 1 is 0.737 bits per heavy atom. The fourth-order valence-electron chi connectivity index (χ4n) is 2.87. The molecule has 0 unspecified atom stereocenters. The van der Waals surface area contributed by atoms with Gasteiger partial charge in [0, 0.05) is 25.3 Å². The van der Waals surface area contributed by atoms with Gasteiger partial charge >= 0.3 is 12.2 Å². The van der Waals surface area contributed by atoms with E-state index in [1.54, 1.807) is 0 Å². The third-order valence-corrected chi connectivity index (χ3v) is 4.81. The molecule has 1 aromatic carbocycles. The first kappa shape index (κ1) is 33.0. The van der Waals surface area contributed by atoms with E-state index in [-0.39, 0.29) is 51.1 Å². The van der Waals surface area contributed by atoms with Crippen LogP contribution in [0, 0.1) is 10.1 Å². The van der Waals surface area contributed by atoms with Gasteiger partial charge in [0.15, 0.2) is 0 Å². The second kappa shape index (κ2) is 23.1. The number of rotatable bonds is 23. The van der Waals surface area contributed by atoms with E-state index in [9.17, 15) is 19.7 Å². The van der Waals surface area contributed by atoms with Gasteiger partial charge in [-0.05, 0) is 18.6 Å².